The third-order valence-electron chi connectivity index (χ3n) is 3.87. The van der Waals surface area contributed by atoms with Crippen molar-refractivity contribution in [1.29, 1.82) is 0 Å². The van der Waals surface area contributed by atoms with E-state index in [0.717, 1.165) is 50.7 Å². The summed E-state index contributed by atoms with van der Waals surface area (Å²) in [6.45, 7) is 0. The first kappa shape index (κ1) is 9.37. The molecule has 1 spiro atoms. The van der Waals surface area contributed by atoms with Crippen molar-refractivity contribution in [3.63, 3.8) is 0 Å². The van der Waals surface area contributed by atoms with Gasteiger partial charge in [-0.3, -0.25) is 4.79 Å². The van der Waals surface area contributed by atoms with Crippen LogP contribution in [0.2, 0.25) is 0 Å². The predicted octanol–water partition coefficient (Wildman–Crippen LogP) is 2.44. The van der Waals surface area contributed by atoms with Crippen LogP contribution in [0.1, 0.15) is 51.4 Å². The first-order valence-corrected chi connectivity index (χ1v) is 6.04. The van der Waals surface area contributed by atoms with E-state index in [9.17, 15) is 4.79 Å². The summed E-state index contributed by atoms with van der Waals surface area (Å²) in [4.78, 5) is 17.1. The van der Waals surface area contributed by atoms with Crippen molar-refractivity contribution in [1.82, 2.24) is 0 Å². The third-order valence-corrected chi connectivity index (χ3v) is 3.87. The van der Waals surface area contributed by atoms with Gasteiger partial charge in [-0.05, 0) is 32.1 Å². The number of nitrogens with zero attached hydrogens (tertiary/aromatic N) is 1. The van der Waals surface area contributed by atoms with Gasteiger partial charge in [-0.25, -0.2) is 0 Å². The Morgan fingerprint density at radius 1 is 1.40 bits per heavy atom. The Bertz CT molecular complexity index is 318. The van der Waals surface area contributed by atoms with Crippen LogP contribution in [0.3, 0.4) is 0 Å². The molecule has 0 aromatic carbocycles. The molecule has 0 saturated heterocycles. The van der Waals surface area contributed by atoms with Crippen LogP contribution >= 0.6 is 0 Å². The number of carbonyl (C=O) groups is 1. The lowest BCUT2D eigenvalue weighted by molar-refractivity contribution is -0.124. The fourth-order valence-corrected chi connectivity index (χ4v) is 2.67. The monoisotopic (exact) mass is 207 g/mol. The van der Waals surface area contributed by atoms with Gasteiger partial charge in [0, 0.05) is 18.8 Å². The summed E-state index contributed by atoms with van der Waals surface area (Å²) >= 11 is 0. The molecule has 1 aliphatic heterocycles. The molecule has 1 unspecified atom stereocenters. The molecule has 3 nitrogen and oxygen atoms in total. The van der Waals surface area contributed by atoms with Crippen molar-refractivity contribution < 1.29 is 9.63 Å². The van der Waals surface area contributed by atoms with Crippen molar-refractivity contribution in [2.75, 3.05) is 0 Å². The summed E-state index contributed by atoms with van der Waals surface area (Å²) in [5.74, 6) is 0.690. The number of rotatable bonds is 2. The van der Waals surface area contributed by atoms with Crippen LogP contribution in [0.5, 0.6) is 0 Å². The number of oxime groups is 1. The Kier molecular flexibility index (Phi) is 2.08. The van der Waals surface area contributed by atoms with Gasteiger partial charge in [0.1, 0.15) is 11.4 Å². The molecule has 2 saturated carbocycles. The second-order valence-electron chi connectivity index (χ2n) is 5.22. The van der Waals surface area contributed by atoms with E-state index >= 15 is 0 Å². The van der Waals surface area contributed by atoms with E-state index in [1.165, 1.54) is 6.42 Å². The zero-order valence-electron chi connectivity index (χ0n) is 9.00. The van der Waals surface area contributed by atoms with E-state index in [4.69, 9.17) is 4.84 Å². The van der Waals surface area contributed by atoms with Gasteiger partial charge in [-0.2, -0.15) is 0 Å². The molecule has 0 amide bonds. The van der Waals surface area contributed by atoms with Crippen LogP contribution in [0.4, 0.5) is 0 Å². The fourth-order valence-electron chi connectivity index (χ4n) is 2.67. The molecule has 3 aliphatic rings. The first-order valence-electron chi connectivity index (χ1n) is 6.04. The van der Waals surface area contributed by atoms with Gasteiger partial charge in [0.05, 0.1) is 5.71 Å². The van der Waals surface area contributed by atoms with Crippen LogP contribution in [-0.2, 0) is 9.63 Å². The lowest BCUT2D eigenvalue weighted by Gasteiger charge is -2.19. The van der Waals surface area contributed by atoms with E-state index in [1.807, 2.05) is 0 Å². The molecule has 0 aromatic heterocycles. The van der Waals surface area contributed by atoms with E-state index in [1.54, 1.807) is 0 Å². The van der Waals surface area contributed by atoms with Crippen molar-refractivity contribution in [3.8, 4) is 0 Å². The molecule has 2 fully saturated rings. The highest BCUT2D eigenvalue weighted by molar-refractivity contribution is 5.92. The molecule has 0 bridgehead atoms. The minimum atomic E-state index is 0.0903. The minimum Gasteiger partial charge on any atom is -0.389 e. The Morgan fingerprint density at radius 3 is 2.93 bits per heavy atom. The molecule has 2 aliphatic carbocycles. The van der Waals surface area contributed by atoms with Crippen molar-refractivity contribution in [2.45, 2.75) is 57.0 Å². The SMILES string of the molecule is O=C1CCCCC1CC1=NOC2(CC2)C1. The smallest absolute Gasteiger partial charge is 0.143 e. The van der Waals surface area contributed by atoms with E-state index in [-0.39, 0.29) is 11.5 Å². The van der Waals surface area contributed by atoms with Gasteiger partial charge < -0.3 is 4.84 Å². The number of hydrogen-bond acceptors (Lipinski definition) is 3. The summed E-state index contributed by atoms with van der Waals surface area (Å²) in [5, 5.41) is 4.14. The van der Waals surface area contributed by atoms with E-state index in [0.29, 0.717) is 5.78 Å². The standard InChI is InChI=1S/C12H17NO2/c14-11-4-2-1-3-9(11)7-10-8-12(5-6-12)15-13-10/h9H,1-8H2. The fraction of sp³-hybridized carbons (Fsp3) is 0.833. The van der Waals surface area contributed by atoms with Gasteiger partial charge in [-0.15, -0.1) is 0 Å². The highest BCUT2D eigenvalue weighted by Gasteiger charge is 2.50. The maximum atomic E-state index is 11.7. The Morgan fingerprint density at radius 2 is 2.27 bits per heavy atom. The van der Waals surface area contributed by atoms with Gasteiger partial charge in [0.15, 0.2) is 0 Å². The minimum absolute atomic E-state index is 0.0903. The second-order valence-corrected chi connectivity index (χ2v) is 5.22. The normalized spacial score (nSPS) is 32.7. The van der Waals surface area contributed by atoms with Crippen LogP contribution < -0.4 is 0 Å². The van der Waals surface area contributed by atoms with Crippen molar-refractivity contribution >= 4 is 11.5 Å². The number of hydrogen-bond donors (Lipinski definition) is 0. The highest BCUT2D eigenvalue weighted by Crippen LogP contribution is 2.47. The lowest BCUT2D eigenvalue weighted by Crippen LogP contribution is -2.22. The molecule has 0 radical (unpaired) electrons. The Hall–Kier alpha value is -0.860. The molecule has 0 N–H and O–H groups in total. The van der Waals surface area contributed by atoms with Gasteiger partial charge in [0.2, 0.25) is 0 Å². The molecule has 15 heavy (non-hydrogen) atoms. The first-order chi connectivity index (χ1) is 7.27. The van der Waals surface area contributed by atoms with Gasteiger partial charge in [0.25, 0.3) is 0 Å². The molecular formula is C12H17NO2. The van der Waals surface area contributed by atoms with Crippen LogP contribution in [0, 0.1) is 5.92 Å². The average Bonchev–Trinajstić information content (AvgIpc) is 2.85. The highest BCUT2D eigenvalue weighted by atomic mass is 16.7. The summed E-state index contributed by atoms with van der Waals surface area (Å²) in [6, 6.07) is 0. The van der Waals surface area contributed by atoms with Gasteiger partial charge in [-0.1, -0.05) is 11.6 Å². The van der Waals surface area contributed by atoms with Crippen LogP contribution in [0.15, 0.2) is 5.16 Å². The number of carbonyl (C=O) groups excluding carboxylic acids is 1. The number of Topliss-reactive ketones (excluding diaryl/α,β-unsaturated/α-hetero) is 1. The summed E-state index contributed by atoms with van der Waals surface area (Å²) in [6.07, 6.45) is 8.28. The maximum absolute atomic E-state index is 11.7. The lowest BCUT2D eigenvalue weighted by atomic mass is 9.84. The number of ketones is 1. The summed E-state index contributed by atoms with van der Waals surface area (Å²) in [5.41, 5.74) is 1.22. The second kappa shape index (κ2) is 3.32. The predicted molar refractivity (Wildman–Crippen MR) is 56.7 cm³/mol. The van der Waals surface area contributed by atoms with E-state index < -0.39 is 0 Å². The molecule has 0 aromatic rings. The largest absolute Gasteiger partial charge is 0.389 e. The molecule has 1 atom stereocenters. The third kappa shape index (κ3) is 1.80. The van der Waals surface area contributed by atoms with Crippen molar-refractivity contribution in [2.24, 2.45) is 11.1 Å². The van der Waals surface area contributed by atoms with E-state index in [2.05, 4.69) is 5.16 Å². The Balaban J connectivity index is 1.58. The van der Waals surface area contributed by atoms with Gasteiger partial charge >= 0.3 is 0 Å². The Labute approximate surface area is 89.9 Å². The van der Waals surface area contributed by atoms with Crippen LogP contribution in [0.25, 0.3) is 0 Å². The van der Waals surface area contributed by atoms with Crippen LogP contribution in [-0.4, -0.2) is 17.1 Å². The maximum Gasteiger partial charge on any atom is 0.143 e. The molecule has 82 valence electrons. The van der Waals surface area contributed by atoms with Crippen molar-refractivity contribution in [3.05, 3.63) is 0 Å². The molecular weight excluding hydrogens is 190 g/mol. The zero-order chi connectivity index (χ0) is 10.3. The topological polar surface area (TPSA) is 38.7 Å². The summed E-state index contributed by atoms with van der Waals surface area (Å²) < 4.78 is 0. The zero-order valence-corrected chi connectivity index (χ0v) is 9.00. The average molecular weight is 207 g/mol. The molecule has 3 rings (SSSR count). The molecule has 1 heterocycles. The summed E-state index contributed by atoms with van der Waals surface area (Å²) in [7, 11) is 0. The molecule has 3 heteroatoms. The quantitative estimate of drug-likeness (QED) is 0.697.